The van der Waals surface area contributed by atoms with Crippen LogP contribution in [0.15, 0.2) is 54.7 Å². The standard InChI is InChI=1S/C20H22N2O2/c1-14-7-3-4-8-15(14)12-22-13-16(11-18(21)20(23)24-2)17-9-5-6-10-19(17)22/h3-10,13,18H,11-12,21H2,1-2H3/t18-/m0/s1. The molecule has 0 saturated heterocycles. The van der Waals surface area contributed by atoms with Crippen molar-refractivity contribution < 1.29 is 9.53 Å². The van der Waals surface area contributed by atoms with E-state index in [2.05, 4.69) is 48.0 Å². The van der Waals surface area contributed by atoms with Gasteiger partial charge in [-0.1, -0.05) is 42.5 Å². The lowest BCUT2D eigenvalue weighted by Crippen LogP contribution is -2.33. The van der Waals surface area contributed by atoms with Crippen LogP contribution in [0.2, 0.25) is 0 Å². The molecule has 4 nitrogen and oxygen atoms in total. The fourth-order valence-corrected chi connectivity index (χ4v) is 3.06. The summed E-state index contributed by atoms with van der Waals surface area (Å²) >= 11 is 0. The Morgan fingerprint density at radius 3 is 2.58 bits per heavy atom. The molecule has 2 N–H and O–H groups in total. The van der Waals surface area contributed by atoms with Gasteiger partial charge in [-0.2, -0.15) is 0 Å². The highest BCUT2D eigenvalue weighted by Crippen LogP contribution is 2.24. The molecule has 0 radical (unpaired) electrons. The van der Waals surface area contributed by atoms with Gasteiger partial charge in [0.2, 0.25) is 0 Å². The molecule has 0 amide bonds. The van der Waals surface area contributed by atoms with Crippen LogP contribution in [0.1, 0.15) is 16.7 Å². The Bertz CT molecular complexity index is 867. The van der Waals surface area contributed by atoms with Crippen LogP contribution in [-0.4, -0.2) is 23.7 Å². The molecule has 1 heterocycles. The predicted molar refractivity (Wildman–Crippen MR) is 95.9 cm³/mol. The van der Waals surface area contributed by atoms with Crippen molar-refractivity contribution >= 4 is 16.9 Å². The van der Waals surface area contributed by atoms with Crippen LogP contribution in [-0.2, 0) is 22.5 Å². The lowest BCUT2D eigenvalue weighted by Gasteiger charge is -2.08. The minimum absolute atomic E-state index is 0.384. The normalized spacial score (nSPS) is 12.3. The Morgan fingerprint density at radius 2 is 1.83 bits per heavy atom. The zero-order valence-electron chi connectivity index (χ0n) is 14.0. The molecule has 4 heteroatoms. The van der Waals surface area contributed by atoms with Gasteiger partial charge < -0.3 is 15.0 Å². The molecule has 3 rings (SSSR count). The number of methoxy groups -OCH3 is 1. The molecule has 0 aliphatic carbocycles. The second-order valence-electron chi connectivity index (χ2n) is 6.06. The predicted octanol–water partition coefficient (Wildman–Crippen LogP) is 3.04. The molecule has 1 aromatic heterocycles. The summed E-state index contributed by atoms with van der Waals surface area (Å²) in [6.45, 7) is 2.91. The number of rotatable bonds is 5. The van der Waals surface area contributed by atoms with Crippen LogP contribution in [0.25, 0.3) is 10.9 Å². The topological polar surface area (TPSA) is 57.2 Å². The molecule has 0 aliphatic rings. The third-order valence-corrected chi connectivity index (χ3v) is 4.42. The largest absolute Gasteiger partial charge is 0.468 e. The van der Waals surface area contributed by atoms with Gasteiger partial charge in [-0.05, 0) is 29.7 Å². The van der Waals surface area contributed by atoms with Gasteiger partial charge in [0.15, 0.2) is 0 Å². The van der Waals surface area contributed by atoms with Crippen molar-refractivity contribution in [1.29, 1.82) is 0 Å². The van der Waals surface area contributed by atoms with Gasteiger partial charge in [0.05, 0.1) is 7.11 Å². The highest BCUT2D eigenvalue weighted by Gasteiger charge is 2.18. The third-order valence-electron chi connectivity index (χ3n) is 4.42. The van der Waals surface area contributed by atoms with E-state index in [4.69, 9.17) is 10.5 Å². The zero-order valence-corrected chi connectivity index (χ0v) is 14.0. The number of nitrogens with zero attached hydrogens (tertiary/aromatic N) is 1. The first-order valence-corrected chi connectivity index (χ1v) is 8.05. The van der Waals surface area contributed by atoms with Crippen LogP contribution in [0.5, 0.6) is 0 Å². The average molecular weight is 322 g/mol. The fourth-order valence-electron chi connectivity index (χ4n) is 3.06. The number of fused-ring (bicyclic) bond motifs is 1. The van der Waals surface area contributed by atoms with Crippen LogP contribution < -0.4 is 5.73 Å². The summed E-state index contributed by atoms with van der Waals surface area (Å²) in [4.78, 5) is 11.6. The number of hydrogen-bond acceptors (Lipinski definition) is 3. The molecule has 0 unspecified atom stereocenters. The SMILES string of the molecule is COC(=O)[C@@H](N)Cc1cn(Cc2ccccc2C)c2ccccc12. The number of carbonyl (C=O) groups excluding carboxylic acids is 1. The monoisotopic (exact) mass is 322 g/mol. The highest BCUT2D eigenvalue weighted by molar-refractivity contribution is 5.85. The molecule has 0 fully saturated rings. The van der Waals surface area contributed by atoms with E-state index >= 15 is 0 Å². The number of benzene rings is 2. The number of nitrogens with two attached hydrogens (primary N) is 1. The number of hydrogen-bond donors (Lipinski definition) is 1. The highest BCUT2D eigenvalue weighted by atomic mass is 16.5. The molecule has 0 saturated carbocycles. The molecule has 0 bridgehead atoms. The number of aryl methyl sites for hydroxylation is 1. The Morgan fingerprint density at radius 1 is 1.12 bits per heavy atom. The number of esters is 1. The summed E-state index contributed by atoms with van der Waals surface area (Å²) in [5, 5.41) is 1.13. The van der Waals surface area contributed by atoms with Gasteiger partial charge in [-0.15, -0.1) is 0 Å². The Kier molecular flexibility index (Phi) is 4.67. The van der Waals surface area contributed by atoms with Crippen LogP contribution in [0, 0.1) is 6.92 Å². The quantitative estimate of drug-likeness (QED) is 0.735. The van der Waals surface area contributed by atoms with Gasteiger partial charge >= 0.3 is 5.97 Å². The van der Waals surface area contributed by atoms with Crippen molar-refractivity contribution in [3.05, 3.63) is 71.4 Å². The van der Waals surface area contributed by atoms with E-state index in [9.17, 15) is 4.79 Å². The van der Waals surface area contributed by atoms with E-state index in [0.29, 0.717) is 6.42 Å². The number of carbonyl (C=O) groups is 1. The second-order valence-corrected chi connectivity index (χ2v) is 6.06. The molecule has 3 aromatic rings. The van der Waals surface area contributed by atoms with Gasteiger partial charge in [0.1, 0.15) is 6.04 Å². The second kappa shape index (κ2) is 6.89. The van der Waals surface area contributed by atoms with Gasteiger partial charge in [-0.25, -0.2) is 0 Å². The van der Waals surface area contributed by atoms with Gasteiger partial charge in [0.25, 0.3) is 0 Å². The van der Waals surface area contributed by atoms with Gasteiger partial charge in [-0.3, -0.25) is 4.79 Å². The van der Waals surface area contributed by atoms with Crippen LogP contribution >= 0.6 is 0 Å². The number of para-hydroxylation sites is 1. The Labute approximate surface area is 141 Å². The zero-order chi connectivity index (χ0) is 17.1. The smallest absolute Gasteiger partial charge is 0.322 e. The minimum Gasteiger partial charge on any atom is -0.468 e. The van der Waals surface area contributed by atoms with E-state index in [-0.39, 0.29) is 5.97 Å². The first kappa shape index (κ1) is 16.3. The summed E-state index contributed by atoms with van der Waals surface area (Å²) in [5.41, 5.74) is 10.7. The van der Waals surface area contributed by atoms with Crippen LogP contribution in [0.3, 0.4) is 0 Å². The molecule has 2 aromatic carbocycles. The molecule has 0 aliphatic heterocycles. The van der Waals surface area contributed by atoms with E-state index < -0.39 is 6.04 Å². The lowest BCUT2D eigenvalue weighted by atomic mass is 10.1. The lowest BCUT2D eigenvalue weighted by molar-refractivity contribution is -0.142. The summed E-state index contributed by atoms with van der Waals surface area (Å²) in [5.74, 6) is -0.384. The molecule has 1 atom stereocenters. The molecule has 124 valence electrons. The number of ether oxygens (including phenoxy) is 1. The molecule has 0 spiro atoms. The molecular weight excluding hydrogens is 300 g/mol. The minimum atomic E-state index is -0.646. The van der Waals surface area contributed by atoms with Crippen molar-refractivity contribution in [3.63, 3.8) is 0 Å². The average Bonchev–Trinajstić information content (AvgIpc) is 2.94. The maximum absolute atomic E-state index is 11.6. The van der Waals surface area contributed by atoms with Crippen molar-refractivity contribution in [2.24, 2.45) is 5.73 Å². The first-order valence-electron chi connectivity index (χ1n) is 8.05. The van der Waals surface area contributed by atoms with Crippen LogP contribution in [0.4, 0.5) is 0 Å². The molecule has 24 heavy (non-hydrogen) atoms. The summed E-state index contributed by atoms with van der Waals surface area (Å²) in [7, 11) is 1.36. The number of aromatic nitrogens is 1. The van der Waals surface area contributed by atoms with E-state index in [1.807, 2.05) is 18.2 Å². The van der Waals surface area contributed by atoms with E-state index in [1.165, 1.54) is 18.2 Å². The van der Waals surface area contributed by atoms with Gasteiger partial charge in [0, 0.05) is 30.1 Å². The Balaban J connectivity index is 1.97. The maximum Gasteiger partial charge on any atom is 0.322 e. The summed E-state index contributed by atoms with van der Waals surface area (Å²) in [6, 6.07) is 15.9. The molecular formula is C20H22N2O2. The fraction of sp³-hybridized carbons (Fsp3) is 0.250. The van der Waals surface area contributed by atoms with Crippen molar-refractivity contribution in [3.8, 4) is 0 Å². The van der Waals surface area contributed by atoms with E-state index in [1.54, 1.807) is 0 Å². The summed E-state index contributed by atoms with van der Waals surface area (Å²) in [6.07, 6.45) is 2.56. The van der Waals surface area contributed by atoms with E-state index in [0.717, 1.165) is 23.0 Å². The summed E-state index contributed by atoms with van der Waals surface area (Å²) < 4.78 is 6.96. The first-order chi connectivity index (χ1) is 11.6. The van der Waals surface area contributed by atoms with Crippen molar-refractivity contribution in [2.45, 2.75) is 25.9 Å². The van der Waals surface area contributed by atoms with Crippen molar-refractivity contribution in [2.75, 3.05) is 7.11 Å². The third kappa shape index (κ3) is 3.19. The Hall–Kier alpha value is -2.59. The van der Waals surface area contributed by atoms with Crippen molar-refractivity contribution in [1.82, 2.24) is 4.57 Å². The maximum atomic E-state index is 11.6.